The number of methoxy groups -OCH3 is 2. The number of rotatable bonds is 3. The molecule has 0 aromatic heterocycles. The number of ether oxygens (including phenoxy) is 2. The van der Waals surface area contributed by atoms with Crippen molar-refractivity contribution in [2.24, 2.45) is 5.92 Å². The summed E-state index contributed by atoms with van der Waals surface area (Å²) in [6, 6.07) is 8.02. The molecule has 0 amide bonds. The lowest BCUT2D eigenvalue weighted by Gasteiger charge is -2.14. The molecule has 2 rings (SSSR count). The monoisotopic (exact) mass is 217 g/mol. The summed E-state index contributed by atoms with van der Waals surface area (Å²) in [7, 11) is 3.25. The lowest BCUT2D eigenvalue weighted by Crippen LogP contribution is -2.08. The van der Waals surface area contributed by atoms with Crippen LogP contribution >= 0.6 is 0 Å². The van der Waals surface area contributed by atoms with Gasteiger partial charge >= 0.3 is 0 Å². The predicted molar refractivity (Wildman–Crippen MR) is 60.6 cm³/mol. The molecule has 16 heavy (non-hydrogen) atoms. The molecule has 3 heteroatoms. The lowest BCUT2D eigenvalue weighted by atomic mass is 9.94. The second kappa shape index (κ2) is 3.71. The van der Waals surface area contributed by atoms with Gasteiger partial charge in [0.05, 0.1) is 25.7 Å². The summed E-state index contributed by atoms with van der Waals surface area (Å²) in [5, 5.41) is 9.32. The van der Waals surface area contributed by atoms with Gasteiger partial charge in [-0.3, -0.25) is 0 Å². The normalized spacial score (nSPS) is 27.0. The van der Waals surface area contributed by atoms with Gasteiger partial charge in [0.25, 0.3) is 0 Å². The fraction of sp³-hybridized carbons (Fsp3) is 0.462. The van der Waals surface area contributed by atoms with Crippen LogP contribution in [0.25, 0.3) is 0 Å². The third kappa shape index (κ3) is 1.42. The van der Waals surface area contributed by atoms with Crippen molar-refractivity contribution in [3.63, 3.8) is 0 Å². The van der Waals surface area contributed by atoms with Gasteiger partial charge in [-0.2, -0.15) is 5.26 Å². The molecule has 3 nitrogen and oxygen atoms in total. The first-order valence-electron chi connectivity index (χ1n) is 5.31. The summed E-state index contributed by atoms with van der Waals surface area (Å²) in [5.74, 6) is 1.93. The SMILES string of the molecule is COc1ccc(OC)c(C2(C#N)CC2C)c1. The summed E-state index contributed by atoms with van der Waals surface area (Å²) >= 11 is 0. The zero-order valence-electron chi connectivity index (χ0n) is 9.78. The predicted octanol–water partition coefficient (Wildman–Crippen LogP) is 2.50. The van der Waals surface area contributed by atoms with Crippen LogP contribution in [0.4, 0.5) is 0 Å². The Hall–Kier alpha value is -1.69. The van der Waals surface area contributed by atoms with Gasteiger partial charge in [0.15, 0.2) is 0 Å². The van der Waals surface area contributed by atoms with Gasteiger partial charge in [-0.25, -0.2) is 0 Å². The van der Waals surface area contributed by atoms with Crippen molar-refractivity contribution in [2.45, 2.75) is 18.8 Å². The summed E-state index contributed by atoms with van der Waals surface area (Å²) in [6.45, 7) is 2.09. The van der Waals surface area contributed by atoms with E-state index in [2.05, 4.69) is 13.0 Å². The zero-order chi connectivity index (χ0) is 11.8. The first-order chi connectivity index (χ1) is 7.67. The smallest absolute Gasteiger partial charge is 0.123 e. The van der Waals surface area contributed by atoms with Crippen LogP contribution in [0, 0.1) is 17.2 Å². The van der Waals surface area contributed by atoms with E-state index in [4.69, 9.17) is 9.47 Å². The highest BCUT2D eigenvalue weighted by Crippen LogP contribution is 2.56. The molecule has 0 heterocycles. The van der Waals surface area contributed by atoms with Gasteiger partial charge < -0.3 is 9.47 Å². The van der Waals surface area contributed by atoms with Crippen LogP contribution in [0.2, 0.25) is 0 Å². The molecular weight excluding hydrogens is 202 g/mol. The number of hydrogen-bond acceptors (Lipinski definition) is 3. The van der Waals surface area contributed by atoms with E-state index in [-0.39, 0.29) is 5.41 Å². The fourth-order valence-corrected chi connectivity index (χ4v) is 2.18. The van der Waals surface area contributed by atoms with E-state index in [9.17, 15) is 5.26 Å². The summed E-state index contributed by atoms with van der Waals surface area (Å²) < 4.78 is 10.5. The highest BCUT2D eigenvalue weighted by Gasteiger charge is 2.54. The number of hydrogen-bond donors (Lipinski definition) is 0. The largest absolute Gasteiger partial charge is 0.497 e. The Labute approximate surface area is 95.6 Å². The maximum atomic E-state index is 9.32. The first kappa shape index (κ1) is 10.8. The van der Waals surface area contributed by atoms with Gasteiger partial charge in [-0.1, -0.05) is 6.92 Å². The lowest BCUT2D eigenvalue weighted by molar-refractivity contribution is 0.396. The molecule has 1 aliphatic rings. The topological polar surface area (TPSA) is 42.2 Å². The van der Waals surface area contributed by atoms with E-state index in [1.807, 2.05) is 18.2 Å². The number of nitrogens with zero attached hydrogens (tertiary/aromatic N) is 1. The van der Waals surface area contributed by atoms with E-state index < -0.39 is 0 Å². The third-order valence-electron chi connectivity index (χ3n) is 3.40. The van der Waals surface area contributed by atoms with Crippen molar-refractivity contribution in [1.29, 1.82) is 5.26 Å². The standard InChI is InChI=1S/C13H15NO2/c1-9-7-13(9,8-14)11-6-10(15-2)4-5-12(11)16-3/h4-6,9H,7H2,1-3H3. The molecule has 0 radical (unpaired) electrons. The van der Waals surface area contributed by atoms with Crippen molar-refractivity contribution < 1.29 is 9.47 Å². The van der Waals surface area contributed by atoms with Crippen LogP contribution < -0.4 is 9.47 Å². The van der Waals surface area contributed by atoms with E-state index in [0.29, 0.717) is 5.92 Å². The molecule has 1 aromatic carbocycles. The first-order valence-corrected chi connectivity index (χ1v) is 5.31. The molecule has 1 aromatic rings. The van der Waals surface area contributed by atoms with Gasteiger partial charge in [-0.15, -0.1) is 0 Å². The number of nitriles is 1. The Balaban J connectivity index is 2.50. The quantitative estimate of drug-likeness (QED) is 0.781. The highest BCUT2D eigenvalue weighted by molar-refractivity contribution is 5.52. The molecule has 1 saturated carbocycles. The van der Waals surface area contributed by atoms with Gasteiger partial charge in [0, 0.05) is 5.56 Å². The van der Waals surface area contributed by atoms with Crippen molar-refractivity contribution in [3.05, 3.63) is 23.8 Å². The van der Waals surface area contributed by atoms with Crippen molar-refractivity contribution >= 4 is 0 Å². The van der Waals surface area contributed by atoms with Crippen molar-refractivity contribution in [1.82, 2.24) is 0 Å². The minimum atomic E-state index is -0.375. The maximum Gasteiger partial charge on any atom is 0.123 e. The van der Waals surface area contributed by atoms with Crippen LogP contribution in [-0.4, -0.2) is 14.2 Å². The Morgan fingerprint density at radius 2 is 2.06 bits per heavy atom. The van der Waals surface area contributed by atoms with E-state index in [0.717, 1.165) is 23.5 Å². The van der Waals surface area contributed by atoms with Crippen LogP contribution in [-0.2, 0) is 5.41 Å². The van der Waals surface area contributed by atoms with Crippen LogP contribution in [0.15, 0.2) is 18.2 Å². The molecular formula is C13H15NO2. The Morgan fingerprint density at radius 3 is 2.50 bits per heavy atom. The molecule has 84 valence electrons. The van der Waals surface area contributed by atoms with E-state index >= 15 is 0 Å². The molecule has 2 atom stereocenters. The minimum Gasteiger partial charge on any atom is -0.497 e. The summed E-state index contributed by atoms with van der Waals surface area (Å²) in [6.07, 6.45) is 0.896. The molecule has 0 aliphatic heterocycles. The van der Waals surface area contributed by atoms with Gasteiger partial charge in [0.1, 0.15) is 11.5 Å². The van der Waals surface area contributed by atoms with E-state index in [1.165, 1.54) is 0 Å². The molecule has 0 bridgehead atoms. The average molecular weight is 217 g/mol. The maximum absolute atomic E-state index is 9.32. The average Bonchev–Trinajstić information content (AvgIpc) is 3.00. The van der Waals surface area contributed by atoms with Gasteiger partial charge in [0.2, 0.25) is 0 Å². The second-order valence-corrected chi connectivity index (χ2v) is 4.25. The molecule has 1 aliphatic carbocycles. The van der Waals surface area contributed by atoms with Crippen molar-refractivity contribution in [3.8, 4) is 17.6 Å². The molecule has 0 spiro atoms. The molecule has 0 saturated heterocycles. The Bertz CT molecular complexity index is 450. The van der Waals surface area contributed by atoms with Gasteiger partial charge in [-0.05, 0) is 30.5 Å². The third-order valence-corrected chi connectivity index (χ3v) is 3.40. The fourth-order valence-electron chi connectivity index (χ4n) is 2.18. The van der Waals surface area contributed by atoms with E-state index in [1.54, 1.807) is 14.2 Å². The molecule has 2 unspecified atom stereocenters. The van der Waals surface area contributed by atoms with Crippen LogP contribution in [0.3, 0.4) is 0 Å². The van der Waals surface area contributed by atoms with Crippen LogP contribution in [0.5, 0.6) is 11.5 Å². The molecule has 0 N–H and O–H groups in total. The summed E-state index contributed by atoms with van der Waals surface area (Å²) in [5.41, 5.74) is 0.573. The summed E-state index contributed by atoms with van der Waals surface area (Å²) in [4.78, 5) is 0. The highest BCUT2D eigenvalue weighted by atomic mass is 16.5. The number of benzene rings is 1. The minimum absolute atomic E-state index is 0.375. The molecule has 1 fully saturated rings. The van der Waals surface area contributed by atoms with Crippen LogP contribution in [0.1, 0.15) is 18.9 Å². The second-order valence-electron chi connectivity index (χ2n) is 4.25. The van der Waals surface area contributed by atoms with Crippen molar-refractivity contribution in [2.75, 3.05) is 14.2 Å². The zero-order valence-corrected chi connectivity index (χ0v) is 9.78. The Morgan fingerprint density at radius 1 is 1.38 bits per heavy atom. The Kier molecular flexibility index (Phi) is 2.51.